The molecule has 11 atom stereocenters. The van der Waals surface area contributed by atoms with Crippen LogP contribution in [0.2, 0.25) is 0 Å². The molecule has 2 N–H and O–H groups in total. The maximum atomic E-state index is 13.9. The molecule has 0 bridgehead atoms. The Morgan fingerprint density at radius 1 is 1.14 bits per heavy atom. The van der Waals surface area contributed by atoms with E-state index in [1.54, 1.807) is 39.7 Å². The molecule has 0 aliphatic carbocycles. The Morgan fingerprint density at radius 2 is 1.81 bits per heavy atom. The topological polar surface area (TPSA) is 119 Å². The number of aliphatic hydroxyl groups excluding tert-OH is 1. The van der Waals surface area contributed by atoms with Crippen molar-refractivity contribution in [2.45, 2.75) is 116 Å². The third-order valence-corrected chi connectivity index (χ3v) is 9.73. The summed E-state index contributed by atoms with van der Waals surface area (Å²) in [7, 11) is 7.61. The van der Waals surface area contributed by atoms with Crippen LogP contribution in [0.5, 0.6) is 0 Å². The summed E-state index contributed by atoms with van der Waals surface area (Å²) in [6.45, 7) is 14.0. The minimum atomic E-state index is -1.15. The number of hydrogen-bond acceptors (Lipinski definition) is 11. The highest BCUT2D eigenvalue weighted by Crippen LogP contribution is 2.41. The van der Waals surface area contributed by atoms with Crippen molar-refractivity contribution in [1.82, 2.24) is 15.1 Å². The van der Waals surface area contributed by atoms with E-state index in [1.807, 2.05) is 35.0 Å². The molecule has 3 aliphatic rings. The molecule has 0 amide bonds. The second kappa shape index (κ2) is 14.1. The zero-order valence-corrected chi connectivity index (χ0v) is 27.5. The van der Waals surface area contributed by atoms with E-state index >= 15 is 0 Å². The zero-order chi connectivity index (χ0) is 31.6. The molecule has 3 aliphatic heterocycles. The Balaban J connectivity index is 2.05. The minimum Gasteiger partial charge on any atom is -0.458 e. The van der Waals surface area contributed by atoms with Crippen molar-refractivity contribution >= 4 is 11.8 Å². The van der Waals surface area contributed by atoms with Gasteiger partial charge in [0.2, 0.25) is 6.41 Å². The number of carbonyl (C=O) groups excluding carboxylic acids is 2. The SMILES string of the molecule is CNC/C=C1/CN2C(O)O[C@]2(C)[C@@H](C)OC(=O)C(C)C(=O)[C@H](C)[C@@H](OC2CC(N(C)C)CC(C)O2)[C@](C)(OC)C[C@H]1C. The first-order valence-corrected chi connectivity index (χ1v) is 15.3. The Hall–Kier alpha value is -1.44. The third kappa shape index (κ3) is 7.43. The summed E-state index contributed by atoms with van der Waals surface area (Å²) in [5.41, 5.74) is -0.919. The number of methoxy groups -OCH3 is 1. The summed E-state index contributed by atoms with van der Waals surface area (Å²) in [4.78, 5) is 31.2. The quantitative estimate of drug-likeness (QED) is 0.267. The minimum absolute atomic E-state index is 0.0145. The number of nitrogens with zero attached hydrogens (tertiary/aromatic N) is 2. The maximum Gasteiger partial charge on any atom is 0.316 e. The Labute approximate surface area is 252 Å². The lowest BCUT2D eigenvalue weighted by Gasteiger charge is -2.56. The van der Waals surface area contributed by atoms with E-state index in [9.17, 15) is 14.7 Å². The molecule has 42 heavy (non-hydrogen) atoms. The zero-order valence-electron chi connectivity index (χ0n) is 27.5. The molecule has 3 heterocycles. The molecule has 11 heteroatoms. The van der Waals surface area contributed by atoms with Gasteiger partial charge in [0.1, 0.15) is 12.0 Å². The lowest BCUT2D eigenvalue weighted by atomic mass is 9.77. The van der Waals surface area contributed by atoms with E-state index in [0.717, 1.165) is 12.0 Å². The lowest BCUT2D eigenvalue weighted by Crippen LogP contribution is -2.72. The van der Waals surface area contributed by atoms with Crippen LogP contribution in [-0.2, 0) is 33.3 Å². The monoisotopic (exact) mass is 597 g/mol. The number of fused-ring (bicyclic) bond motifs is 1. The van der Waals surface area contributed by atoms with Crippen LogP contribution in [0.15, 0.2) is 11.6 Å². The van der Waals surface area contributed by atoms with Crippen LogP contribution in [-0.4, -0.2) is 116 Å². The standard InChI is InChI=1S/C31H55N3O8/c1-18-16-30(6,38-11)27(41-25-15-24(33(9)10)14-19(2)39-25)20(3)26(35)21(4)28(36)40-22(5)31(7)34(29(37)42-31)17-23(18)12-13-32-8/h12,18-22,24-25,27,29,32,37H,13-17H2,1-11H3/b23-12-/t18-,19?,20+,21?,22-,24?,25?,27-,29?,30-,31-/m1/s1. The molecule has 242 valence electrons. The number of rotatable bonds is 6. The van der Waals surface area contributed by atoms with Gasteiger partial charge in [-0.15, -0.1) is 0 Å². The van der Waals surface area contributed by atoms with Crippen molar-refractivity contribution in [2.75, 3.05) is 41.3 Å². The summed E-state index contributed by atoms with van der Waals surface area (Å²) < 4.78 is 30.7. The summed E-state index contributed by atoms with van der Waals surface area (Å²) in [5.74, 6) is -2.69. The largest absolute Gasteiger partial charge is 0.458 e. The van der Waals surface area contributed by atoms with Gasteiger partial charge >= 0.3 is 5.97 Å². The van der Waals surface area contributed by atoms with Crippen molar-refractivity contribution in [3.63, 3.8) is 0 Å². The lowest BCUT2D eigenvalue weighted by molar-refractivity contribution is -0.434. The third-order valence-electron chi connectivity index (χ3n) is 9.73. The van der Waals surface area contributed by atoms with Crippen LogP contribution in [0.1, 0.15) is 67.7 Å². The number of likely N-dealkylation sites (N-methyl/N-ethyl adjacent to an activating group) is 1. The fourth-order valence-electron chi connectivity index (χ4n) is 6.57. The molecule has 3 rings (SSSR count). The number of carbonyl (C=O) groups is 2. The van der Waals surface area contributed by atoms with Crippen molar-refractivity contribution in [1.29, 1.82) is 0 Å². The smallest absolute Gasteiger partial charge is 0.316 e. The van der Waals surface area contributed by atoms with Gasteiger partial charge in [-0.2, -0.15) is 0 Å². The molecule has 0 aromatic rings. The number of hydrogen-bond donors (Lipinski definition) is 2. The second-order valence-corrected chi connectivity index (χ2v) is 13.1. The van der Waals surface area contributed by atoms with Gasteiger partial charge in [-0.25, -0.2) is 4.90 Å². The molecule has 11 nitrogen and oxygen atoms in total. The molecule has 0 spiro atoms. The molecule has 0 aromatic carbocycles. The second-order valence-electron chi connectivity index (χ2n) is 13.1. The Morgan fingerprint density at radius 3 is 2.38 bits per heavy atom. The number of Topliss-reactive ketones (excluding diaryl/α,β-unsaturated/α-hetero) is 1. The summed E-state index contributed by atoms with van der Waals surface area (Å²) >= 11 is 0. The highest BCUT2D eigenvalue weighted by atomic mass is 16.7. The molecule has 5 unspecified atom stereocenters. The number of cyclic esters (lactones) is 1. The van der Waals surface area contributed by atoms with Crippen molar-refractivity contribution in [3.05, 3.63) is 11.6 Å². The molecule has 3 saturated heterocycles. The molecule has 0 radical (unpaired) electrons. The highest BCUT2D eigenvalue weighted by Gasteiger charge is 2.56. The molecule has 0 saturated carbocycles. The van der Waals surface area contributed by atoms with E-state index in [2.05, 4.69) is 23.2 Å². The number of ether oxygens (including phenoxy) is 5. The average Bonchev–Trinajstić information content (AvgIpc) is 2.93. The van der Waals surface area contributed by atoms with Crippen molar-refractivity contribution < 1.29 is 38.4 Å². The first-order chi connectivity index (χ1) is 19.6. The Kier molecular flexibility index (Phi) is 11.8. The van der Waals surface area contributed by atoms with Crippen LogP contribution in [0.4, 0.5) is 0 Å². The first kappa shape index (κ1) is 35.0. The molecule has 0 aromatic heterocycles. The predicted octanol–water partition coefficient (Wildman–Crippen LogP) is 2.51. The first-order valence-electron chi connectivity index (χ1n) is 15.3. The number of esters is 1. The summed E-state index contributed by atoms with van der Waals surface area (Å²) in [6, 6.07) is 0.266. The van der Waals surface area contributed by atoms with Crippen LogP contribution < -0.4 is 5.32 Å². The van der Waals surface area contributed by atoms with E-state index in [-0.39, 0.29) is 23.8 Å². The van der Waals surface area contributed by atoms with Gasteiger partial charge in [-0.1, -0.05) is 25.5 Å². The normalized spacial score (nSPS) is 43.9. The molecular weight excluding hydrogens is 542 g/mol. The average molecular weight is 598 g/mol. The van der Waals surface area contributed by atoms with Crippen LogP contribution in [0.3, 0.4) is 0 Å². The summed E-state index contributed by atoms with van der Waals surface area (Å²) in [6.07, 6.45) is 1.02. The molecule has 3 fully saturated rings. The fraction of sp³-hybridized carbons (Fsp3) is 0.871. The number of ketones is 1. The van der Waals surface area contributed by atoms with Gasteiger partial charge < -0.3 is 39.0 Å². The van der Waals surface area contributed by atoms with Crippen LogP contribution in [0.25, 0.3) is 0 Å². The predicted molar refractivity (Wildman–Crippen MR) is 158 cm³/mol. The molecular formula is C31H55N3O8. The van der Waals surface area contributed by atoms with Gasteiger partial charge in [0.05, 0.1) is 17.8 Å². The van der Waals surface area contributed by atoms with Gasteiger partial charge in [-0.3, -0.25) is 9.59 Å². The van der Waals surface area contributed by atoms with E-state index in [0.29, 0.717) is 25.9 Å². The number of aliphatic hydroxyl groups is 1. The van der Waals surface area contributed by atoms with Gasteiger partial charge in [0.25, 0.3) is 0 Å². The van der Waals surface area contributed by atoms with Crippen LogP contribution in [0, 0.1) is 17.8 Å². The van der Waals surface area contributed by atoms with Gasteiger partial charge in [-0.05, 0) is 74.5 Å². The van der Waals surface area contributed by atoms with Crippen LogP contribution >= 0.6 is 0 Å². The maximum absolute atomic E-state index is 13.9. The highest BCUT2D eigenvalue weighted by molar-refractivity contribution is 6.00. The summed E-state index contributed by atoms with van der Waals surface area (Å²) in [5, 5.41) is 13.8. The van der Waals surface area contributed by atoms with E-state index in [1.165, 1.54) is 0 Å². The fourth-order valence-corrected chi connectivity index (χ4v) is 6.57. The van der Waals surface area contributed by atoms with Crippen molar-refractivity contribution in [2.24, 2.45) is 17.8 Å². The van der Waals surface area contributed by atoms with Crippen molar-refractivity contribution in [3.8, 4) is 0 Å². The van der Waals surface area contributed by atoms with Gasteiger partial charge in [0, 0.05) is 38.6 Å². The van der Waals surface area contributed by atoms with E-state index < -0.39 is 54.0 Å². The van der Waals surface area contributed by atoms with Gasteiger partial charge in [0.15, 0.2) is 17.8 Å². The Bertz CT molecular complexity index is 978. The number of nitrogens with one attached hydrogen (secondary N) is 1. The van der Waals surface area contributed by atoms with E-state index in [4.69, 9.17) is 23.7 Å².